The highest BCUT2D eigenvalue weighted by atomic mass is 16.4. The molecule has 0 aliphatic heterocycles. The van der Waals surface area contributed by atoms with Gasteiger partial charge in [0.05, 0.1) is 0 Å². The van der Waals surface area contributed by atoms with Crippen LogP contribution in [0.25, 0.3) is 0 Å². The molecule has 0 saturated heterocycles. The van der Waals surface area contributed by atoms with Crippen LogP contribution in [0.15, 0.2) is 30.3 Å². The molecule has 1 amide bonds. The molecule has 0 heterocycles. The van der Waals surface area contributed by atoms with Crippen molar-refractivity contribution in [3.63, 3.8) is 0 Å². The summed E-state index contributed by atoms with van der Waals surface area (Å²) in [5.41, 5.74) is 1.20. The van der Waals surface area contributed by atoms with Crippen LogP contribution in [0.5, 0.6) is 0 Å². The first-order valence-corrected chi connectivity index (χ1v) is 4.90. The zero-order chi connectivity index (χ0) is 11.1. The van der Waals surface area contributed by atoms with E-state index in [-0.39, 0.29) is 6.04 Å². The lowest BCUT2D eigenvalue weighted by Crippen LogP contribution is -2.40. The van der Waals surface area contributed by atoms with Gasteiger partial charge in [0.25, 0.3) is 0 Å². The molecule has 4 nitrogen and oxygen atoms in total. The van der Waals surface area contributed by atoms with Gasteiger partial charge in [0.15, 0.2) is 0 Å². The minimum absolute atomic E-state index is 0.128. The molecule has 1 aromatic rings. The summed E-state index contributed by atoms with van der Waals surface area (Å²) in [6, 6.07) is 10.1. The monoisotopic (exact) mass is 208 g/mol. The highest BCUT2D eigenvalue weighted by Crippen LogP contribution is 2.02. The summed E-state index contributed by atoms with van der Waals surface area (Å²) in [6.45, 7) is 0.417. The Balaban J connectivity index is 2.43. The highest BCUT2D eigenvalue weighted by Gasteiger charge is 2.07. The summed E-state index contributed by atoms with van der Waals surface area (Å²) in [4.78, 5) is 10.3. The fraction of sp³-hybridized carbons (Fsp3) is 0.364. The standard InChI is InChI=1S/C11H16N2O2/c1-12-10(8-13-11(14)15)7-9-5-3-2-4-6-9/h2-6,10,12-13H,7-8H2,1H3,(H,14,15)/t10-/m1/s1. The van der Waals surface area contributed by atoms with Crippen molar-refractivity contribution in [1.29, 1.82) is 0 Å². The summed E-state index contributed by atoms with van der Waals surface area (Å²) in [5.74, 6) is 0. The van der Waals surface area contributed by atoms with Crippen molar-refractivity contribution in [2.45, 2.75) is 12.5 Å². The van der Waals surface area contributed by atoms with Gasteiger partial charge in [0.2, 0.25) is 0 Å². The average molecular weight is 208 g/mol. The Hall–Kier alpha value is -1.55. The van der Waals surface area contributed by atoms with Gasteiger partial charge in [0.1, 0.15) is 0 Å². The number of carboxylic acid groups (broad SMARTS) is 1. The van der Waals surface area contributed by atoms with E-state index >= 15 is 0 Å². The van der Waals surface area contributed by atoms with E-state index in [1.807, 2.05) is 37.4 Å². The lowest BCUT2D eigenvalue weighted by atomic mass is 10.1. The highest BCUT2D eigenvalue weighted by molar-refractivity contribution is 5.64. The van der Waals surface area contributed by atoms with Gasteiger partial charge >= 0.3 is 6.09 Å². The van der Waals surface area contributed by atoms with E-state index in [9.17, 15) is 4.79 Å². The molecular formula is C11H16N2O2. The maximum Gasteiger partial charge on any atom is 0.404 e. The molecule has 0 bridgehead atoms. The van der Waals surface area contributed by atoms with E-state index in [1.54, 1.807) is 0 Å². The maximum atomic E-state index is 10.3. The Kier molecular flexibility index (Phi) is 4.63. The Bertz CT molecular complexity index is 301. The van der Waals surface area contributed by atoms with Crippen LogP contribution >= 0.6 is 0 Å². The zero-order valence-electron chi connectivity index (χ0n) is 8.73. The Morgan fingerprint density at radius 2 is 2.07 bits per heavy atom. The van der Waals surface area contributed by atoms with Gasteiger partial charge in [-0.2, -0.15) is 0 Å². The molecule has 0 unspecified atom stereocenters. The van der Waals surface area contributed by atoms with Crippen LogP contribution in [0, 0.1) is 0 Å². The van der Waals surface area contributed by atoms with Crippen molar-refractivity contribution in [2.24, 2.45) is 0 Å². The lowest BCUT2D eigenvalue weighted by molar-refractivity contribution is 0.193. The Labute approximate surface area is 89.3 Å². The first-order chi connectivity index (χ1) is 7.22. The van der Waals surface area contributed by atoms with Gasteiger partial charge in [0, 0.05) is 12.6 Å². The summed E-state index contributed by atoms with van der Waals surface area (Å²) in [5, 5.41) is 13.9. The molecule has 15 heavy (non-hydrogen) atoms. The van der Waals surface area contributed by atoms with Gasteiger partial charge < -0.3 is 15.7 Å². The van der Waals surface area contributed by atoms with E-state index in [4.69, 9.17) is 5.11 Å². The second kappa shape index (κ2) is 6.03. The van der Waals surface area contributed by atoms with Crippen LogP contribution in [0.2, 0.25) is 0 Å². The van der Waals surface area contributed by atoms with E-state index in [2.05, 4.69) is 10.6 Å². The molecular weight excluding hydrogens is 192 g/mol. The number of carbonyl (C=O) groups is 1. The third-order valence-electron chi connectivity index (χ3n) is 2.23. The normalized spacial score (nSPS) is 12.1. The third-order valence-corrected chi connectivity index (χ3v) is 2.23. The molecule has 1 rings (SSSR count). The van der Waals surface area contributed by atoms with Crippen LogP contribution in [-0.4, -0.2) is 30.8 Å². The number of rotatable bonds is 5. The summed E-state index contributed by atoms with van der Waals surface area (Å²) in [6.07, 6.45) is -0.166. The number of nitrogens with one attached hydrogen (secondary N) is 2. The molecule has 0 aliphatic rings. The Morgan fingerprint density at radius 1 is 1.40 bits per heavy atom. The van der Waals surface area contributed by atoms with E-state index in [0.717, 1.165) is 6.42 Å². The third kappa shape index (κ3) is 4.46. The quantitative estimate of drug-likeness (QED) is 0.678. The molecule has 0 fully saturated rings. The van der Waals surface area contributed by atoms with Crippen LogP contribution < -0.4 is 10.6 Å². The number of likely N-dealkylation sites (N-methyl/N-ethyl adjacent to an activating group) is 1. The van der Waals surface area contributed by atoms with Crippen LogP contribution in [0.3, 0.4) is 0 Å². The largest absolute Gasteiger partial charge is 0.465 e. The van der Waals surface area contributed by atoms with Crippen molar-refractivity contribution < 1.29 is 9.90 Å². The van der Waals surface area contributed by atoms with Gasteiger partial charge in [-0.3, -0.25) is 0 Å². The smallest absolute Gasteiger partial charge is 0.404 e. The molecule has 1 aromatic carbocycles. The van der Waals surface area contributed by atoms with Gasteiger partial charge in [-0.15, -0.1) is 0 Å². The minimum Gasteiger partial charge on any atom is -0.465 e. The lowest BCUT2D eigenvalue weighted by Gasteiger charge is -2.15. The number of benzene rings is 1. The first kappa shape index (κ1) is 11.5. The van der Waals surface area contributed by atoms with Crippen LogP contribution in [-0.2, 0) is 6.42 Å². The molecule has 4 heteroatoms. The SMILES string of the molecule is CN[C@@H](CNC(=O)O)Cc1ccccc1. The van der Waals surface area contributed by atoms with E-state index in [0.29, 0.717) is 6.54 Å². The zero-order valence-corrected chi connectivity index (χ0v) is 8.73. The molecule has 0 radical (unpaired) electrons. The molecule has 0 aromatic heterocycles. The first-order valence-electron chi connectivity index (χ1n) is 4.90. The van der Waals surface area contributed by atoms with E-state index < -0.39 is 6.09 Å². The number of amides is 1. The predicted molar refractivity (Wildman–Crippen MR) is 59.0 cm³/mol. The predicted octanol–water partition coefficient (Wildman–Crippen LogP) is 1.08. The van der Waals surface area contributed by atoms with Gasteiger partial charge in [-0.1, -0.05) is 30.3 Å². The second-order valence-corrected chi connectivity index (χ2v) is 3.36. The molecule has 1 atom stereocenters. The van der Waals surface area contributed by atoms with Crippen molar-refractivity contribution in [3.05, 3.63) is 35.9 Å². The van der Waals surface area contributed by atoms with Crippen LogP contribution in [0.4, 0.5) is 4.79 Å². The molecule has 0 aliphatic carbocycles. The Morgan fingerprint density at radius 3 is 2.60 bits per heavy atom. The van der Waals surface area contributed by atoms with Gasteiger partial charge in [-0.05, 0) is 19.0 Å². The maximum absolute atomic E-state index is 10.3. The van der Waals surface area contributed by atoms with Gasteiger partial charge in [-0.25, -0.2) is 4.79 Å². The topological polar surface area (TPSA) is 61.4 Å². The molecule has 3 N–H and O–H groups in total. The average Bonchev–Trinajstić information content (AvgIpc) is 2.25. The number of hydrogen-bond donors (Lipinski definition) is 3. The summed E-state index contributed by atoms with van der Waals surface area (Å²) < 4.78 is 0. The van der Waals surface area contributed by atoms with Crippen molar-refractivity contribution in [1.82, 2.24) is 10.6 Å². The molecule has 0 spiro atoms. The van der Waals surface area contributed by atoms with Crippen molar-refractivity contribution in [2.75, 3.05) is 13.6 Å². The van der Waals surface area contributed by atoms with Crippen molar-refractivity contribution >= 4 is 6.09 Å². The van der Waals surface area contributed by atoms with E-state index in [1.165, 1.54) is 5.56 Å². The fourth-order valence-electron chi connectivity index (χ4n) is 1.39. The molecule has 82 valence electrons. The summed E-state index contributed by atoms with van der Waals surface area (Å²) >= 11 is 0. The molecule has 0 saturated carbocycles. The van der Waals surface area contributed by atoms with Crippen LogP contribution in [0.1, 0.15) is 5.56 Å². The fourth-order valence-corrected chi connectivity index (χ4v) is 1.39. The van der Waals surface area contributed by atoms with Crippen molar-refractivity contribution in [3.8, 4) is 0 Å². The number of hydrogen-bond acceptors (Lipinski definition) is 2. The summed E-state index contributed by atoms with van der Waals surface area (Å²) in [7, 11) is 1.83. The minimum atomic E-state index is -0.983. The second-order valence-electron chi connectivity index (χ2n) is 3.36.